The van der Waals surface area contributed by atoms with Crippen LogP contribution in [0.1, 0.15) is 77.6 Å². The summed E-state index contributed by atoms with van der Waals surface area (Å²) in [7, 11) is 0. The SMILES string of the molecule is CCCCCCCCCCC1CCCOC1=O. The Labute approximate surface area is 106 Å². The van der Waals surface area contributed by atoms with E-state index in [4.69, 9.17) is 4.74 Å². The van der Waals surface area contributed by atoms with Crippen molar-refractivity contribution in [1.29, 1.82) is 0 Å². The molecule has 1 saturated heterocycles. The van der Waals surface area contributed by atoms with E-state index < -0.39 is 0 Å². The zero-order chi connectivity index (χ0) is 12.3. The highest BCUT2D eigenvalue weighted by Gasteiger charge is 2.22. The molecule has 0 saturated carbocycles. The molecule has 2 heteroatoms. The smallest absolute Gasteiger partial charge is 0.308 e. The van der Waals surface area contributed by atoms with Gasteiger partial charge in [-0.3, -0.25) is 4.79 Å². The summed E-state index contributed by atoms with van der Waals surface area (Å²) in [6.07, 6.45) is 13.9. The van der Waals surface area contributed by atoms with Gasteiger partial charge in [-0.15, -0.1) is 0 Å². The summed E-state index contributed by atoms with van der Waals surface area (Å²) in [4.78, 5) is 11.4. The number of unbranched alkanes of at least 4 members (excludes halogenated alkanes) is 7. The Kier molecular flexibility index (Phi) is 8.12. The molecule has 0 amide bonds. The molecular formula is C15H28O2. The second-order valence-corrected chi connectivity index (χ2v) is 5.27. The number of hydrogen-bond donors (Lipinski definition) is 0. The standard InChI is InChI=1S/C15H28O2/c1-2-3-4-5-6-7-8-9-11-14-12-10-13-17-15(14)16/h14H,2-13H2,1H3. The van der Waals surface area contributed by atoms with Gasteiger partial charge in [-0.05, 0) is 19.3 Å². The topological polar surface area (TPSA) is 26.3 Å². The highest BCUT2D eigenvalue weighted by Crippen LogP contribution is 2.21. The van der Waals surface area contributed by atoms with Crippen molar-refractivity contribution in [1.82, 2.24) is 0 Å². The number of carbonyl (C=O) groups excluding carboxylic acids is 1. The predicted octanol–water partition coefficient (Wildman–Crippen LogP) is 4.47. The molecule has 0 radical (unpaired) electrons. The quantitative estimate of drug-likeness (QED) is 0.439. The summed E-state index contributed by atoms with van der Waals surface area (Å²) in [6.45, 7) is 2.90. The van der Waals surface area contributed by atoms with E-state index in [-0.39, 0.29) is 11.9 Å². The van der Waals surface area contributed by atoms with Crippen LogP contribution in [-0.2, 0) is 9.53 Å². The van der Waals surface area contributed by atoms with Gasteiger partial charge in [0, 0.05) is 0 Å². The van der Waals surface area contributed by atoms with Gasteiger partial charge < -0.3 is 4.74 Å². The maximum Gasteiger partial charge on any atom is 0.308 e. The highest BCUT2D eigenvalue weighted by atomic mass is 16.5. The molecular weight excluding hydrogens is 212 g/mol. The molecule has 0 aromatic rings. The Balaban J connectivity index is 1.88. The van der Waals surface area contributed by atoms with E-state index in [1.807, 2.05) is 0 Å². The Morgan fingerprint density at radius 3 is 2.35 bits per heavy atom. The average molecular weight is 240 g/mol. The Morgan fingerprint density at radius 1 is 1.06 bits per heavy atom. The van der Waals surface area contributed by atoms with Crippen LogP contribution in [-0.4, -0.2) is 12.6 Å². The van der Waals surface area contributed by atoms with Crippen LogP contribution in [0.5, 0.6) is 0 Å². The van der Waals surface area contributed by atoms with E-state index in [1.165, 1.54) is 51.4 Å². The second-order valence-electron chi connectivity index (χ2n) is 5.27. The van der Waals surface area contributed by atoms with Crippen LogP contribution in [0.4, 0.5) is 0 Å². The molecule has 1 heterocycles. The van der Waals surface area contributed by atoms with Crippen molar-refractivity contribution in [3.63, 3.8) is 0 Å². The molecule has 1 aliphatic heterocycles. The summed E-state index contributed by atoms with van der Waals surface area (Å²) < 4.78 is 5.07. The summed E-state index contributed by atoms with van der Waals surface area (Å²) in [5.41, 5.74) is 0. The second kappa shape index (κ2) is 9.49. The Hall–Kier alpha value is -0.530. The Bertz CT molecular complexity index is 201. The third kappa shape index (κ3) is 6.70. The van der Waals surface area contributed by atoms with E-state index in [0.717, 1.165) is 19.3 Å². The Morgan fingerprint density at radius 2 is 1.71 bits per heavy atom. The molecule has 0 aromatic carbocycles. The molecule has 100 valence electrons. The first-order chi connectivity index (χ1) is 8.34. The van der Waals surface area contributed by atoms with Crippen molar-refractivity contribution in [2.45, 2.75) is 77.6 Å². The number of cyclic esters (lactones) is 1. The number of hydrogen-bond acceptors (Lipinski definition) is 2. The summed E-state index contributed by atoms with van der Waals surface area (Å²) in [5.74, 6) is 0.267. The van der Waals surface area contributed by atoms with Gasteiger partial charge in [0.25, 0.3) is 0 Å². The van der Waals surface area contributed by atoms with Gasteiger partial charge in [0.05, 0.1) is 12.5 Å². The summed E-state index contributed by atoms with van der Waals surface area (Å²) >= 11 is 0. The molecule has 0 aromatic heterocycles. The highest BCUT2D eigenvalue weighted by molar-refractivity contribution is 5.72. The van der Waals surface area contributed by atoms with Gasteiger partial charge >= 0.3 is 5.97 Å². The first-order valence-corrected chi connectivity index (χ1v) is 7.51. The number of ether oxygens (including phenoxy) is 1. The van der Waals surface area contributed by atoms with Crippen molar-refractivity contribution in [3.05, 3.63) is 0 Å². The molecule has 1 unspecified atom stereocenters. The lowest BCUT2D eigenvalue weighted by Crippen LogP contribution is -2.23. The molecule has 0 spiro atoms. The van der Waals surface area contributed by atoms with E-state index in [1.54, 1.807) is 0 Å². The van der Waals surface area contributed by atoms with Gasteiger partial charge in [-0.1, -0.05) is 58.3 Å². The molecule has 0 N–H and O–H groups in total. The van der Waals surface area contributed by atoms with Crippen molar-refractivity contribution in [2.24, 2.45) is 5.92 Å². The first-order valence-electron chi connectivity index (χ1n) is 7.51. The summed E-state index contributed by atoms with van der Waals surface area (Å²) in [6, 6.07) is 0. The minimum Gasteiger partial charge on any atom is -0.465 e. The molecule has 1 fully saturated rings. The van der Waals surface area contributed by atoms with Gasteiger partial charge in [0.15, 0.2) is 0 Å². The van der Waals surface area contributed by atoms with E-state index >= 15 is 0 Å². The molecule has 0 aliphatic carbocycles. The van der Waals surface area contributed by atoms with Crippen LogP contribution in [0.25, 0.3) is 0 Å². The third-order valence-electron chi connectivity index (χ3n) is 3.68. The van der Waals surface area contributed by atoms with E-state index in [0.29, 0.717) is 6.61 Å². The molecule has 17 heavy (non-hydrogen) atoms. The molecule has 2 nitrogen and oxygen atoms in total. The maximum absolute atomic E-state index is 11.4. The van der Waals surface area contributed by atoms with Gasteiger partial charge in [0.2, 0.25) is 0 Å². The van der Waals surface area contributed by atoms with Crippen LogP contribution in [0, 0.1) is 5.92 Å². The minimum absolute atomic E-state index is 0.0548. The zero-order valence-electron chi connectivity index (χ0n) is 11.4. The monoisotopic (exact) mass is 240 g/mol. The minimum atomic E-state index is 0.0548. The lowest BCUT2D eigenvalue weighted by atomic mass is 9.94. The first kappa shape index (κ1) is 14.5. The number of esters is 1. The molecule has 1 aliphatic rings. The van der Waals surface area contributed by atoms with Crippen molar-refractivity contribution < 1.29 is 9.53 Å². The third-order valence-corrected chi connectivity index (χ3v) is 3.68. The van der Waals surface area contributed by atoms with Gasteiger partial charge in [-0.25, -0.2) is 0 Å². The van der Waals surface area contributed by atoms with Gasteiger partial charge in [-0.2, -0.15) is 0 Å². The van der Waals surface area contributed by atoms with E-state index in [2.05, 4.69) is 6.92 Å². The number of carbonyl (C=O) groups is 1. The fraction of sp³-hybridized carbons (Fsp3) is 0.933. The molecule has 1 rings (SSSR count). The normalized spacial score (nSPS) is 20.3. The maximum atomic E-state index is 11.4. The molecule has 1 atom stereocenters. The van der Waals surface area contributed by atoms with E-state index in [9.17, 15) is 4.79 Å². The lowest BCUT2D eigenvalue weighted by molar-refractivity contribution is -0.153. The van der Waals surface area contributed by atoms with Crippen LogP contribution in [0.15, 0.2) is 0 Å². The zero-order valence-corrected chi connectivity index (χ0v) is 11.4. The fourth-order valence-electron chi connectivity index (χ4n) is 2.53. The van der Waals surface area contributed by atoms with Crippen molar-refractivity contribution >= 4 is 5.97 Å². The average Bonchev–Trinajstić information content (AvgIpc) is 2.35. The fourth-order valence-corrected chi connectivity index (χ4v) is 2.53. The van der Waals surface area contributed by atoms with Crippen LogP contribution >= 0.6 is 0 Å². The predicted molar refractivity (Wildman–Crippen MR) is 70.9 cm³/mol. The summed E-state index contributed by atoms with van der Waals surface area (Å²) in [5, 5.41) is 0. The van der Waals surface area contributed by atoms with Crippen molar-refractivity contribution in [2.75, 3.05) is 6.61 Å². The van der Waals surface area contributed by atoms with Crippen LogP contribution in [0.2, 0.25) is 0 Å². The molecule has 0 bridgehead atoms. The van der Waals surface area contributed by atoms with Crippen molar-refractivity contribution in [3.8, 4) is 0 Å². The van der Waals surface area contributed by atoms with Gasteiger partial charge in [0.1, 0.15) is 0 Å². The van der Waals surface area contributed by atoms with Crippen LogP contribution in [0.3, 0.4) is 0 Å². The largest absolute Gasteiger partial charge is 0.465 e. The van der Waals surface area contributed by atoms with Crippen LogP contribution < -0.4 is 0 Å². The number of rotatable bonds is 9. The lowest BCUT2D eigenvalue weighted by Gasteiger charge is -2.20.